The number of amides is 1. The average molecular weight is 408 g/mol. The molecule has 2 aliphatic rings. The first-order chi connectivity index (χ1) is 13.3. The maximum atomic E-state index is 13.5. The van der Waals surface area contributed by atoms with Gasteiger partial charge in [-0.3, -0.25) is 9.59 Å². The first-order valence-electron chi connectivity index (χ1n) is 10.2. The summed E-state index contributed by atoms with van der Waals surface area (Å²) in [6, 6.07) is 3.57. The van der Waals surface area contributed by atoms with Crippen LogP contribution in [0.2, 0.25) is 5.02 Å². The van der Waals surface area contributed by atoms with E-state index in [-0.39, 0.29) is 17.8 Å². The molecule has 5 nitrogen and oxygen atoms in total. The predicted octanol–water partition coefficient (Wildman–Crippen LogP) is 4.05. The Kier molecular flexibility index (Phi) is 6.35. The molecular formula is C22H30ClNO4. The van der Waals surface area contributed by atoms with Crippen molar-refractivity contribution in [2.24, 2.45) is 5.92 Å². The van der Waals surface area contributed by atoms with Crippen molar-refractivity contribution in [1.82, 2.24) is 5.32 Å². The molecule has 0 radical (unpaired) electrons. The lowest BCUT2D eigenvalue weighted by Gasteiger charge is -2.35. The average Bonchev–Trinajstić information content (AvgIpc) is 2.90. The number of nitrogens with one attached hydrogen (secondary N) is 1. The van der Waals surface area contributed by atoms with Crippen molar-refractivity contribution in [2.75, 3.05) is 13.7 Å². The van der Waals surface area contributed by atoms with Crippen molar-refractivity contribution in [3.05, 3.63) is 28.3 Å². The number of aryl methyl sites for hydroxylation is 1. The predicted molar refractivity (Wildman–Crippen MR) is 109 cm³/mol. The van der Waals surface area contributed by atoms with Crippen LogP contribution in [0, 0.1) is 5.92 Å². The first-order valence-corrected chi connectivity index (χ1v) is 10.5. The van der Waals surface area contributed by atoms with Gasteiger partial charge in [0.25, 0.3) is 0 Å². The summed E-state index contributed by atoms with van der Waals surface area (Å²) < 4.78 is 11.4. The summed E-state index contributed by atoms with van der Waals surface area (Å²) in [6.45, 7) is 6.61. The fourth-order valence-electron chi connectivity index (χ4n) is 4.36. The zero-order chi connectivity index (χ0) is 20.5. The smallest absolute Gasteiger partial charge is 0.236 e. The molecule has 154 valence electrons. The van der Waals surface area contributed by atoms with E-state index in [1.165, 1.54) is 0 Å². The molecule has 1 amide bonds. The van der Waals surface area contributed by atoms with Gasteiger partial charge in [0.1, 0.15) is 11.7 Å². The molecule has 0 aromatic heterocycles. The van der Waals surface area contributed by atoms with E-state index in [1.54, 1.807) is 13.2 Å². The zero-order valence-electron chi connectivity index (χ0n) is 17.1. The molecule has 1 aromatic rings. The minimum atomic E-state index is -0.839. The molecule has 6 heteroatoms. The summed E-state index contributed by atoms with van der Waals surface area (Å²) in [4.78, 5) is 26.5. The Bertz CT molecular complexity index is 753. The van der Waals surface area contributed by atoms with Crippen LogP contribution in [0.4, 0.5) is 0 Å². The second-order valence-electron chi connectivity index (χ2n) is 8.34. The normalized spacial score (nSPS) is 27.5. The third-order valence-electron chi connectivity index (χ3n) is 5.91. The molecule has 3 rings (SSSR count). The molecule has 1 spiro atoms. The van der Waals surface area contributed by atoms with Crippen LogP contribution in [0.15, 0.2) is 12.1 Å². The van der Waals surface area contributed by atoms with E-state index < -0.39 is 11.5 Å². The van der Waals surface area contributed by atoms with E-state index in [9.17, 15) is 9.59 Å². The standard InChI is InChI=1S/C22H30ClNO4/c1-5-14-10-15(23)11-17(28-12-13(2)3)18(14)19-20(25)22(24-21(19)26)8-6-16(27-4)7-9-22/h10-11,13,16,19H,5-9,12H2,1-4H3,(H,24,26). The van der Waals surface area contributed by atoms with Crippen molar-refractivity contribution < 1.29 is 19.1 Å². The van der Waals surface area contributed by atoms with Crippen LogP contribution >= 0.6 is 11.6 Å². The first kappa shape index (κ1) is 21.1. The molecule has 1 unspecified atom stereocenters. The largest absolute Gasteiger partial charge is 0.493 e. The summed E-state index contributed by atoms with van der Waals surface area (Å²) in [5, 5.41) is 3.59. The Balaban J connectivity index is 1.98. The summed E-state index contributed by atoms with van der Waals surface area (Å²) in [5.74, 6) is -0.242. The second kappa shape index (κ2) is 8.42. The Hall–Kier alpha value is -1.59. The monoisotopic (exact) mass is 407 g/mol. The Labute approximate surface area is 172 Å². The van der Waals surface area contributed by atoms with Gasteiger partial charge in [-0.2, -0.15) is 0 Å². The van der Waals surface area contributed by atoms with E-state index in [0.717, 1.165) is 18.4 Å². The lowest BCUT2D eigenvalue weighted by atomic mass is 9.75. The van der Waals surface area contributed by atoms with Gasteiger partial charge in [0.2, 0.25) is 5.91 Å². The van der Waals surface area contributed by atoms with Crippen LogP contribution in [0.25, 0.3) is 0 Å². The van der Waals surface area contributed by atoms with Crippen molar-refractivity contribution in [3.8, 4) is 5.75 Å². The third-order valence-corrected chi connectivity index (χ3v) is 6.13. The van der Waals surface area contributed by atoms with E-state index in [1.807, 2.05) is 13.0 Å². The molecular weight excluding hydrogens is 378 g/mol. The van der Waals surface area contributed by atoms with Gasteiger partial charge in [-0.05, 0) is 55.7 Å². The van der Waals surface area contributed by atoms with Crippen LogP contribution < -0.4 is 10.1 Å². The van der Waals surface area contributed by atoms with Crippen molar-refractivity contribution in [3.63, 3.8) is 0 Å². The number of hydrogen-bond acceptors (Lipinski definition) is 4. The van der Waals surface area contributed by atoms with Crippen molar-refractivity contribution in [1.29, 1.82) is 0 Å². The molecule has 1 atom stereocenters. The topological polar surface area (TPSA) is 64.6 Å². The quantitative estimate of drug-likeness (QED) is 0.722. The fourth-order valence-corrected chi connectivity index (χ4v) is 4.59. The molecule has 1 saturated carbocycles. The number of benzene rings is 1. The van der Waals surface area contributed by atoms with Gasteiger partial charge in [0.15, 0.2) is 5.78 Å². The number of ether oxygens (including phenoxy) is 2. The zero-order valence-corrected chi connectivity index (χ0v) is 17.9. The third kappa shape index (κ3) is 3.92. The van der Waals surface area contributed by atoms with Gasteiger partial charge in [-0.15, -0.1) is 0 Å². The molecule has 1 N–H and O–H groups in total. The summed E-state index contributed by atoms with van der Waals surface area (Å²) in [6.07, 6.45) is 3.60. The summed E-state index contributed by atoms with van der Waals surface area (Å²) >= 11 is 6.29. The number of halogens is 1. The van der Waals surface area contributed by atoms with Gasteiger partial charge in [-0.1, -0.05) is 32.4 Å². The van der Waals surface area contributed by atoms with E-state index in [0.29, 0.717) is 48.1 Å². The van der Waals surface area contributed by atoms with Gasteiger partial charge < -0.3 is 14.8 Å². The highest BCUT2D eigenvalue weighted by Crippen LogP contribution is 2.44. The van der Waals surface area contributed by atoms with Gasteiger partial charge in [-0.25, -0.2) is 0 Å². The van der Waals surface area contributed by atoms with Crippen LogP contribution in [-0.2, 0) is 20.7 Å². The molecule has 1 aromatic carbocycles. The molecule has 0 bridgehead atoms. The van der Waals surface area contributed by atoms with Crippen LogP contribution in [0.5, 0.6) is 5.75 Å². The number of ketones is 1. The van der Waals surface area contributed by atoms with E-state index in [2.05, 4.69) is 19.2 Å². The van der Waals surface area contributed by atoms with E-state index in [4.69, 9.17) is 21.1 Å². The number of Topliss-reactive ketones (excluding diaryl/α,β-unsaturated/α-hetero) is 1. The van der Waals surface area contributed by atoms with Crippen LogP contribution in [-0.4, -0.2) is 37.0 Å². The Morgan fingerprint density at radius 1 is 1.25 bits per heavy atom. The molecule has 1 saturated heterocycles. The van der Waals surface area contributed by atoms with Crippen LogP contribution in [0.1, 0.15) is 63.5 Å². The minimum absolute atomic E-state index is 0.0431. The number of methoxy groups -OCH3 is 1. The molecule has 28 heavy (non-hydrogen) atoms. The summed E-state index contributed by atoms with van der Waals surface area (Å²) in [7, 11) is 1.69. The lowest BCUT2D eigenvalue weighted by Crippen LogP contribution is -2.50. The number of carbonyl (C=O) groups excluding carboxylic acids is 2. The fraction of sp³-hybridized carbons (Fsp3) is 0.636. The van der Waals surface area contributed by atoms with Crippen molar-refractivity contribution >= 4 is 23.3 Å². The second-order valence-corrected chi connectivity index (χ2v) is 8.78. The number of hydrogen-bond donors (Lipinski definition) is 1. The highest BCUT2D eigenvalue weighted by atomic mass is 35.5. The Morgan fingerprint density at radius 2 is 1.93 bits per heavy atom. The van der Waals surface area contributed by atoms with Gasteiger partial charge >= 0.3 is 0 Å². The highest BCUT2D eigenvalue weighted by molar-refractivity contribution is 6.31. The summed E-state index contributed by atoms with van der Waals surface area (Å²) in [5.41, 5.74) is 0.791. The molecule has 1 aliphatic heterocycles. The number of rotatable bonds is 6. The van der Waals surface area contributed by atoms with Crippen LogP contribution in [0.3, 0.4) is 0 Å². The molecule has 2 fully saturated rings. The molecule has 1 heterocycles. The number of carbonyl (C=O) groups is 2. The van der Waals surface area contributed by atoms with E-state index >= 15 is 0 Å². The SMILES string of the molecule is CCc1cc(Cl)cc(OCC(C)C)c1C1C(=O)NC2(CCC(OC)CC2)C1=O. The minimum Gasteiger partial charge on any atom is -0.493 e. The maximum absolute atomic E-state index is 13.5. The molecule has 1 aliphatic carbocycles. The highest BCUT2D eigenvalue weighted by Gasteiger charge is 2.55. The Morgan fingerprint density at radius 3 is 2.50 bits per heavy atom. The van der Waals surface area contributed by atoms with Crippen molar-refractivity contribution in [2.45, 2.75) is 70.4 Å². The van der Waals surface area contributed by atoms with Gasteiger partial charge in [0.05, 0.1) is 18.2 Å². The lowest BCUT2D eigenvalue weighted by molar-refractivity contribution is -0.126. The maximum Gasteiger partial charge on any atom is 0.236 e. The van der Waals surface area contributed by atoms with Gasteiger partial charge in [0, 0.05) is 17.7 Å².